The average Bonchev–Trinajstić information content (AvgIpc) is 2.70. The van der Waals surface area contributed by atoms with Gasteiger partial charge >= 0.3 is 0 Å². The van der Waals surface area contributed by atoms with Gasteiger partial charge in [-0.25, -0.2) is 6.57 Å². The molecule has 0 spiro atoms. The van der Waals surface area contributed by atoms with Gasteiger partial charge in [-0.05, 0) is 66.5 Å². The normalized spacial score (nSPS) is 12.2. The second kappa shape index (κ2) is 7.10. The molecule has 0 saturated carbocycles. The highest BCUT2D eigenvalue weighted by Crippen LogP contribution is 2.48. The second-order valence-electron chi connectivity index (χ2n) is 9.21. The minimum Gasteiger partial charge on any atom is -0.450 e. The van der Waals surface area contributed by atoms with Gasteiger partial charge in [0.1, 0.15) is 12.8 Å². The topological polar surface area (TPSA) is 17.5 Å². The number of nitrogens with zero attached hydrogens (tertiary/aromatic N) is 2. The van der Waals surface area contributed by atoms with Crippen LogP contribution in [-0.2, 0) is 20.0 Å². The zero-order valence-electron chi connectivity index (χ0n) is 18.8. The summed E-state index contributed by atoms with van der Waals surface area (Å²) in [6, 6.07) is 15.3. The minimum absolute atomic E-state index is 0.399. The molecule has 0 saturated heterocycles. The number of pyridine rings is 1. The Bertz CT molecular complexity index is 1420. The molecule has 1 aromatic heterocycles. The standard InChI is InChI=1S/C28H27N2O/c1-16(2)9-20-12-22-10-17(3)18(4)26-27(22)24(13-20)31-25-14-21-11-19(15-29-5)7-8-23(21)30(6)28(25)26/h7-8,10-14,16H,9,15H2,1-4,6H3/q+1. The monoisotopic (exact) mass is 407 g/mol. The van der Waals surface area contributed by atoms with E-state index in [1.807, 2.05) is 0 Å². The minimum atomic E-state index is 0.399. The summed E-state index contributed by atoms with van der Waals surface area (Å²) in [7, 11) is 2.12. The van der Waals surface area contributed by atoms with Crippen LogP contribution in [0.25, 0.3) is 37.8 Å². The Morgan fingerprint density at radius 1 is 0.968 bits per heavy atom. The summed E-state index contributed by atoms with van der Waals surface area (Å²) >= 11 is 0. The van der Waals surface area contributed by atoms with Crippen LogP contribution in [0.4, 0.5) is 0 Å². The van der Waals surface area contributed by atoms with E-state index in [1.165, 1.54) is 33.0 Å². The lowest BCUT2D eigenvalue weighted by molar-refractivity contribution is -0.633. The number of ether oxygens (including phenoxy) is 1. The molecule has 3 nitrogen and oxygen atoms in total. The lowest BCUT2D eigenvalue weighted by Crippen LogP contribution is -2.33. The first-order chi connectivity index (χ1) is 14.9. The molecule has 1 aliphatic heterocycles. The maximum absolute atomic E-state index is 7.19. The maximum Gasteiger partial charge on any atom is 0.256 e. The number of aromatic nitrogens is 1. The highest BCUT2D eigenvalue weighted by molar-refractivity contribution is 6.05. The first-order valence-electron chi connectivity index (χ1n) is 10.9. The van der Waals surface area contributed by atoms with Gasteiger partial charge in [0.25, 0.3) is 5.69 Å². The fourth-order valence-corrected chi connectivity index (χ4v) is 4.97. The lowest BCUT2D eigenvalue weighted by atomic mass is 9.88. The van der Waals surface area contributed by atoms with Crippen molar-refractivity contribution in [1.82, 2.24) is 0 Å². The van der Waals surface area contributed by atoms with Crippen molar-refractivity contribution in [3.63, 3.8) is 0 Å². The van der Waals surface area contributed by atoms with Gasteiger partial charge in [0.05, 0.1) is 10.9 Å². The summed E-state index contributed by atoms with van der Waals surface area (Å²) < 4.78 is 8.82. The molecule has 0 radical (unpaired) electrons. The number of rotatable bonds is 3. The summed E-state index contributed by atoms with van der Waals surface area (Å²) in [5, 5.41) is 3.57. The molecule has 5 rings (SSSR count). The third-order valence-electron chi connectivity index (χ3n) is 6.45. The number of hydrogen-bond acceptors (Lipinski definition) is 1. The fourth-order valence-electron chi connectivity index (χ4n) is 4.97. The Hall–Kier alpha value is -3.38. The zero-order chi connectivity index (χ0) is 21.9. The van der Waals surface area contributed by atoms with Crippen molar-refractivity contribution < 1.29 is 9.30 Å². The highest BCUT2D eigenvalue weighted by Gasteiger charge is 2.31. The molecule has 154 valence electrons. The maximum atomic E-state index is 7.19. The van der Waals surface area contributed by atoms with Crippen LogP contribution in [0.1, 0.15) is 36.1 Å². The molecule has 0 fully saturated rings. The third-order valence-corrected chi connectivity index (χ3v) is 6.45. The van der Waals surface area contributed by atoms with Gasteiger partial charge in [0, 0.05) is 23.1 Å². The van der Waals surface area contributed by atoms with Gasteiger partial charge in [-0.3, -0.25) is 0 Å². The molecule has 0 atom stereocenters. The summed E-state index contributed by atoms with van der Waals surface area (Å²) in [6.07, 6.45) is 1.03. The molecule has 0 unspecified atom stereocenters. The van der Waals surface area contributed by atoms with Gasteiger partial charge in [0.2, 0.25) is 12.1 Å². The average molecular weight is 408 g/mol. The van der Waals surface area contributed by atoms with E-state index in [1.54, 1.807) is 0 Å². The van der Waals surface area contributed by atoms with Crippen molar-refractivity contribution in [2.45, 2.75) is 40.7 Å². The predicted octanol–water partition coefficient (Wildman–Crippen LogP) is 6.82. The van der Waals surface area contributed by atoms with Crippen molar-refractivity contribution in [3.05, 3.63) is 76.1 Å². The smallest absolute Gasteiger partial charge is 0.256 e. The summed E-state index contributed by atoms with van der Waals surface area (Å²) in [5.74, 6) is 2.43. The molecule has 31 heavy (non-hydrogen) atoms. The van der Waals surface area contributed by atoms with E-state index in [0.717, 1.165) is 40.1 Å². The van der Waals surface area contributed by atoms with Crippen LogP contribution in [0.2, 0.25) is 0 Å². The van der Waals surface area contributed by atoms with Gasteiger partial charge < -0.3 is 9.58 Å². The van der Waals surface area contributed by atoms with E-state index in [-0.39, 0.29) is 0 Å². The van der Waals surface area contributed by atoms with Crippen LogP contribution in [-0.4, -0.2) is 0 Å². The number of aryl methyl sites for hydroxylation is 2. The quantitative estimate of drug-likeness (QED) is 0.237. The van der Waals surface area contributed by atoms with Crippen molar-refractivity contribution in [2.75, 3.05) is 0 Å². The van der Waals surface area contributed by atoms with Gasteiger partial charge in [0.15, 0.2) is 5.75 Å². The summed E-state index contributed by atoms with van der Waals surface area (Å²) in [6.45, 7) is 16.5. The second-order valence-corrected chi connectivity index (χ2v) is 9.21. The Labute approximate surface area is 183 Å². The largest absolute Gasteiger partial charge is 0.450 e. The predicted molar refractivity (Wildman–Crippen MR) is 126 cm³/mol. The molecule has 1 aliphatic rings. The molecule has 0 amide bonds. The number of benzene rings is 3. The lowest BCUT2D eigenvalue weighted by Gasteiger charge is -2.23. The van der Waals surface area contributed by atoms with E-state index < -0.39 is 0 Å². The van der Waals surface area contributed by atoms with Gasteiger partial charge in [-0.15, -0.1) is 0 Å². The third kappa shape index (κ3) is 3.06. The molecule has 2 heterocycles. The van der Waals surface area contributed by atoms with Crippen molar-refractivity contribution in [1.29, 1.82) is 0 Å². The van der Waals surface area contributed by atoms with Crippen LogP contribution in [0, 0.1) is 26.3 Å². The SMILES string of the molecule is [C-]#[N+]Cc1ccc2c(c1)cc1c([n+]2C)-c2c(C)c(C)cc3cc(CC(C)C)cc(c23)O1. The first-order valence-corrected chi connectivity index (χ1v) is 10.9. The Morgan fingerprint density at radius 2 is 1.74 bits per heavy atom. The highest BCUT2D eigenvalue weighted by atomic mass is 16.5. The van der Waals surface area contributed by atoms with Gasteiger partial charge in [-0.2, -0.15) is 4.57 Å². The Kier molecular flexibility index (Phi) is 4.48. The number of fused-ring (bicyclic) bond motifs is 3. The zero-order valence-corrected chi connectivity index (χ0v) is 18.8. The Morgan fingerprint density at radius 3 is 2.48 bits per heavy atom. The van der Waals surface area contributed by atoms with Crippen LogP contribution < -0.4 is 9.30 Å². The van der Waals surface area contributed by atoms with E-state index >= 15 is 0 Å². The van der Waals surface area contributed by atoms with Crippen molar-refractivity contribution in [2.24, 2.45) is 13.0 Å². The molecular formula is C28H27N2O+. The molecular weight excluding hydrogens is 380 g/mol. The molecule has 0 N–H and O–H groups in total. The number of hydrogen-bond donors (Lipinski definition) is 0. The van der Waals surface area contributed by atoms with Crippen molar-refractivity contribution in [3.8, 4) is 22.8 Å². The molecule has 0 aliphatic carbocycles. The van der Waals surface area contributed by atoms with Crippen LogP contribution in [0.15, 0.2) is 42.5 Å². The van der Waals surface area contributed by atoms with Crippen LogP contribution in [0.3, 0.4) is 0 Å². The Balaban J connectivity index is 1.85. The van der Waals surface area contributed by atoms with Crippen molar-refractivity contribution >= 4 is 21.7 Å². The van der Waals surface area contributed by atoms with E-state index in [4.69, 9.17) is 11.3 Å². The molecule has 3 aromatic carbocycles. The fraction of sp³-hybridized carbons (Fsp3) is 0.286. The van der Waals surface area contributed by atoms with E-state index in [0.29, 0.717) is 12.5 Å². The summed E-state index contributed by atoms with van der Waals surface area (Å²) in [4.78, 5) is 3.54. The van der Waals surface area contributed by atoms with Crippen LogP contribution in [0.5, 0.6) is 11.5 Å². The van der Waals surface area contributed by atoms with E-state index in [2.05, 4.69) is 86.6 Å². The summed E-state index contributed by atoms with van der Waals surface area (Å²) in [5.41, 5.74) is 8.50. The molecule has 3 heteroatoms. The first kappa shape index (κ1) is 19.6. The van der Waals surface area contributed by atoms with Crippen LogP contribution >= 0.6 is 0 Å². The van der Waals surface area contributed by atoms with E-state index in [9.17, 15) is 0 Å². The molecule has 0 bridgehead atoms. The molecule has 4 aromatic rings. The van der Waals surface area contributed by atoms with Gasteiger partial charge in [-0.1, -0.05) is 26.0 Å².